The van der Waals surface area contributed by atoms with Crippen LogP contribution in [-0.4, -0.2) is 10.9 Å². The van der Waals surface area contributed by atoms with E-state index >= 15 is 0 Å². The minimum absolute atomic E-state index is 0.0725. The number of nitrogens with one attached hydrogen (secondary N) is 1. The van der Waals surface area contributed by atoms with Crippen LogP contribution >= 0.6 is 0 Å². The molecule has 28 heavy (non-hydrogen) atoms. The zero-order valence-corrected chi connectivity index (χ0v) is 16.3. The van der Waals surface area contributed by atoms with Crippen LogP contribution in [0, 0.1) is 12.8 Å². The minimum atomic E-state index is -0.136. The van der Waals surface area contributed by atoms with Crippen LogP contribution in [0.5, 0.6) is 0 Å². The summed E-state index contributed by atoms with van der Waals surface area (Å²) in [4.78, 5) is 30.4. The summed E-state index contributed by atoms with van der Waals surface area (Å²) in [6.45, 7) is 2.45. The Balaban J connectivity index is 1.74. The summed E-state index contributed by atoms with van der Waals surface area (Å²) in [7, 11) is 0. The second-order valence-corrected chi connectivity index (χ2v) is 7.80. The molecule has 2 aromatic carbocycles. The first-order valence-corrected chi connectivity index (χ1v) is 10.1. The maximum Gasteiger partial charge on any atom is 0.248 e. The van der Waals surface area contributed by atoms with Gasteiger partial charge in [-0.1, -0.05) is 55.2 Å². The Morgan fingerprint density at radius 1 is 1.04 bits per heavy atom. The number of amides is 1. The SMILES string of the molecule is Cc1ccc(N(Cc2cc(=O)[nH]c3ccccc23)C(=O)C2CCCCC2)cc1. The Labute approximate surface area is 165 Å². The third-order valence-electron chi connectivity index (χ3n) is 5.73. The number of anilines is 1. The molecule has 1 aliphatic rings. The maximum atomic E-state index is 13.4. The number of hydrogen-bond donors (Lipinski definition) is 1. The van der Waals surface area contributed by atoms with Gasteiger partial charge in [0, 0.05) is 28.6 Å². The monoisotopic (exact) mass is 374 g/mol. The van der Waals surface area contributed by atoms with Crippen molar-refractivity contribution in [1.29, 1.82) is 0 Å². The fourth-order valence-corrected chi connectivity index (χ4v) is 4.17. The van der Waals surface area contributed by atoms with Crippen molar-refractivity contribution in [3.05, 3.63) is 76.1 Å². The molecule has 0 radical (unpaired) electrons. The van der Waals surface area contributed by atoms with Gasteiger partial charge in [-0.15, -0.1) is 0 Å². The molecule has 0 aliphatic heterocycles. The lowest BCUT2D eigenvalue weighted by Crippen LogP contribution is -2.37. The summed E-state index contributed by atoms with van der Waals surface area (Å²) in [5.41, 5.74) is 3.60. The summed E-state index contributed by atoms with van der Waals surface area (Å²) in [5, 5.41) is 0.982. The van der Waals surface area contributed by atoms with Crippen LogP contribution in [0.4, 0.5) is 5.69 Å². The van der Waals surface area contributed by atoms with E-state index in [-0.39, 0.29) is 17.4 Å². The van der Waals surface area contributed by atoms with E-state index in [1.165, 1.54) is 6.42 Å². The predicted molar refractivity (Wildman–Crippen MR) is 114 cm³/mol. The molecule has 1 fully saturated rings. The highest BCUT2D eigenvalue weighted by Gasteiger charge is 2.27. The normalized spacial score (nSPS) is 14.9. The van der Waals surface area contributed by atoms with Crippen molar-refractivity contribution in [2.45, 2.75) is 45.6 Å². The number of nitrogens with zero attached hydrogens (tertiary/aromatic N) is 1. The van der Waals surface area contributed by atoms with Crippen molar-refractivity contribution >= 4 is 22.5 Å². The average molecular weight is 374 g/mol. The first-order chi connectivity index (χ1) is 13.6. The van der Waals surface area contributed by atoms with Crippen molar-refractivity contribution in [1.82, 2.24) is 4.98 Å². The number of para-hydroxylation sites is 1. The van der Waals surface area contributed by atoms with Gasteiger partial charge in [-0.3, -0.25) is 9.59 Å². The van der Waals surface area contributed by atoms with Crippen LogP contribution < -0.4 is 10.5 Å². The van der Waals surface area contributed by atoms with E-state index in [0.29, 0.717) is 6.54 Å². The Morgan fingerprint density at radius 3 is 2.50 bits per heavy atom. The smallest absolute Gasteiger partial charge is 0.248 e. The van der Waals surface area contributed by atoms with E-state index in [2.05, 4.69) is 4.98 Å². The molecule has 1 heterocycles. The van der Waals surface area contributed by atoms with E-state index in [1.807, 2.05) is 60.4 Å². The van der Waals surface area contributed by atoms with Crippen molar-refractivity contribution in [3.8, 4) is 0 Å². The number of H-pyrrole nitrogens is 1. The fourth-order valence-electron chi connectivity index (χ4n) is 4.17. The number of carbonyl (C=O) groups excluding carboxylic acids is 1. The molecule has 1 N–H and O–H groups in total. The minimum Gasteiger partial charge on any atom is -0.322 e. The molecule has 0 bridgehead atoms. The van der Waals surface area contributed by atoms with Crippen LogP contribution in [0.25, 0.3) is 10.9 Å². The van der Waals surface area contributed by atoms with Gasteiger partial charge in [0.25, 0.3) is 0 Å². The summed E-state index contributed by atoms with van der Waals surface area (Å²) in [6, 6.07) is 17.5. The molecule has 1 aliphatic carbocycles. The van der Waals surface area contributed by atoms with Crippen LogP contribution in [0.3, 0.4) is 0 Å². The van der Waals surface area contributed by atoms with E-state index in [4.69, 9.17) is 0 Å². The molecule has 1 saturated carbocycles. The Kier molecular flexibility index (Phi) is 5.29. The molecule has 4 heteroatoms. The van der Waals surface area contributed by atoms with E-state index in [1.54, 1.807) is 6.07 Å². The van der Waals surface area contributed by atoms with Crippen molar-refractivity contribution < 1.29 is 4.79 Å². The second-order valence-electron chi connectivity index (χ2n) is 7.80. The second kappa shape index (κ2) is 8.01. The first-order valence-electron chi connectivity index (χ1n) is 10.1. The number of hydrogen-bond acceptors (Lipinski definition) is 2. The van der Waals surface area contributed by atoms with Gasteiger partial charge in [0.1, 0.15) is 0 Å². The van der Waals surface area contributed by atoms with Gasteiger partial charge < -0.3 is 9.88 Å². The van der Waals surface area contributed by atoms with Gasteiger partial charge >= 0.3 is 0 Å². The molecular weight excluding hydrogens is 348 g/mol. The number of fused-ring (bicyclic) bond motifs is 1. The highest BCUT2D eigenvalue weighted by molar-refractivity contribution is 5.95. The third-order valence-corrected chi connectivity index (χ3v) is 5.73. The van der Waals surface area contributed by atoms with Crippen LogP contribution in [-0.2, 0) is 11.3 Å². The first kappa shape index (κ1) is 18.5. The average Bonchev–Trinajstić information content (AvgIpc) is 2.72. The van der Waals surface area contributed by atoms with Gasteiger partial charge in [-0.2, -0.15) is 0 Å². The molecule has 1 aromatic heterocycles. The van der Waals surface area contributed by atoms with E-state index in [9.17, 15) is 9.59 Å². The molecule has 4 nitrogen and oxygen atoms in total. The van der Waals surface area contributed by atoms with E-state index in [0.717, 1.165) is 53.4 Å². The van der Waals surface area contributed by atoms with E-state index < -0.39 is 0 Å². The molecule has 144 valence electrons. The van der Waals surface area contributed by atoms with Crippen molar-refractivity contribution in [2.24, 2.45) is 5.92 Å². The molecule has 1 amide bonds. The largest absolute Gasteiger partial charge is 0.322 e. The zero-order valence-electron chi connectivity index (χ0n) is 16.3. The fraction of sp³-hybridized carbons (Fsp3) is 0.333. The van der Waals surface area contributed by atoms with Gasteiger partial charge in [0.2, 0.25) is 11.5 Å². The maximum absolute atomic E-state index is 13.4. The number of benzene rings is 2. The highest BCUT2D eigenvalue weighted by atomic mass is 16.2. The number of carbonyl (C=O) groups is 1. The third kappa shape index (κ3) is 3.86. The number of pyridine rings is 1. The number of rotatable bonds is 4. The van der Waals surface area contributed by atoms with Gasteiger partial charge in [0.15, 0.2) is 0 Å². The lowest BCUT2D eigenvalue weighted by molar-refractivity contribution is -0.123. The zero-order chi connectivity index (χ0) is 19.5. The Hall–Kier alpha value is -2.88. The topological polar surface area (TPSA) is 53.2 Å². The van der Waals surface area contributed by atoms with Gasteiger partial charge in [-0.25, -0.2) is 0 Å². The Bertz CT molecular complexity index is 1030. The molecule has 4 rings (SSSR count). The van der Waals surface area contributed by atoms with Gasteiger partial charge in [0.05, 0.1) is 6.54 Å². The summed E-state index contributed by atoms with van der Waals surface area (Å²) in [5.74, 6) is 0.247. The van der Waals surface area contributed by atoms with Crippen LogP contribution in [0.15, 0.2) is 59.4 Å². The van der Waals surface area contributed by atoms with Crippen molar-refractivity contribution in [2.75, 3.05) is 4.90 Å². The molecule has 0 spiro atoms. The van der Waals surface area contributed by atoms with Gasteiger partial charge in [-0.05, 0) is 43.5 Å². The quantitative estimate of drug-likeness (QED) is 0.702. The summed E-state index contributed by atoms with van der Waals surface area (Å²) in [6.07, 6.45) is 5.36. The molecule has 0 unspecified atom stereocenters. The van der Waals surface area contributed by atoms with Crippen LogP contribution in [0.2, 0.25) is 0 Å². The standard InChI is InChI=1S/C24H26N2O2/c1-17-11-13-20(14-12-17)26(24(28)18-7-3-2-4-8-18)16-19-15-23(27)25-22-10-6-5-9-21(19)22/h5-6,9-15,18H,2-4,7-8,16H2,1H3,(H,25,27). The molecule has 0 saturated heterocycles. The summed E-state index contributed by atoms with van der Waals surface area (Å²) < 4.78 is 0. The highest BCUT2D eigenvalue weighted by Crippen LogP contribution is 2.29. The molecule has 0 atom stereocenters. The number of aromatic amines is 1. The number of aromatic nitrogens is 1. The predicted octanol–water partition coefficient (Wildman–Crippen LogP) is 4.95. The lowest BCUT2D eigenvalue weighted by atomic mass is 9.88. The molecule has 3 aromatic rings. The number of aryl methyl sites for hydroxylation is 1. The molecular formula is C24H26N2O2. The van der Waals surface area contributed by atoms with Crippen molar-refractivity contribution in [3.63, 3.8) is 0 Å². The summed E-state index contributed by atoms with van der Waals surface area (Å²) >= 11 is 0. The van der Waals surface area contributed by atoms with Crippen LogP contribution in [0.1, 0.15) is 43.2 Å². The Morgan fingerprint density at radius 2 is 1.75 bits per heavy atom. The lowest BCUT2D eigenvalue weighted by Gasteiger charge is -2.30.